The lowest BCUT2D eigenvalue weighted by Gasteiger charge is -2.26. The first kappa shape index (κ1) is 22.8. The van der Waals surface area contributed by atoms with Crippen LogP contribution in [0.1, 0.15) is 30.9 Å². The quantitative estimate of drug-likeness (QED) is 0.537. The molecule has 2 aromatic heterocycles. The van der Waals surface area contributed by atoms with Crippen LogP contribution in [0.4, 0.5) is 4.39 Å². The van der Waals surface area contributed by atoms with Crippen LogP contribution in [0, 0.1) is 5.82 Å². The van der Waals surface area contributed by atoms with E-state index in [1.807, 2.05) is 0 Å². The second-order valence-electron chi connectivity index (χ2n) is 7.53. The highest BCUT2D eigenvalue weighted by Gasteiger charge is 2.27. The maximum Gasteiger partial charge on any atom is 0.337 e. The highest BCUT2D eigenvalue weighted by atomic mass is 32.2. The molecule has 1 fully saturated rings. The topological polar surface area (TPSA) is 135 Å². The van der Waals surface area contributed by atoms with E-state index in [1.54, 1.807) is 6.92 Å². The number of aromatic nitrogens is 2. The summed E-state index contributed by atoms with van der Waals surface area (Å²) in [7, 11) is -3.57. The molecule has 1 aromatic carbocycles. The van der Waals surface area contributed by atoms with Gasteiger partial charge < -0.3 is 9.25 Å². The normalized spacial score (nSPS) is 15.0. The first-order chi connectivity index (χ1) is 15.7. The van der Waals surface area contributed by atoms with E-state index >= 15 is 0 Å². The molecular weight excluding hydrogens is 455 g/mol. The van der Waals surface area contributed by atoms with Gasteiger partial charge in [0.2, 0.25) is 15.7 Å². The van der Waals surface area contributed by atoms with Gasteiger partial charge in [0.05, 0.1) is 11.5 Å². The first-order valence-corrected chi connectivity index (χ1v) is 11.9. The second kappa shape index (κ2) is 9.24. The molecule has 33 heavy (non-hydrogen) atoms. The van der Waals surface area contributed by atoms with Crippen LogP contribution in [0.5, 0.6) is 6.01 Å². The van der Waals surface area contributed by atoms with Crippen molar-refractivity contribution in [1.82, 2.24) is 14.3 Å². The van der Waals surface area contributed by atoms with Gasteiger partial charge in [-0.15, -0.1) is 0 Å². The molecule has 174 valence electrons. The molecule has 1 saturated heterocycles. The fraction of sp³-hybridized carbons (Fsp3) is 0.333. The van der Waals surface area contributed by atoms with E-state index < -0.39 is 27.0 Å². The molecule has 3 heterocycles. The number of nitrogens with zero attached hydrogens (tertiary/aromatic N) is 3. The van der Waals surface area contributed by atoms with Crippen LogP contribution in [-0.2, 0) is 22.2 Å². The van der Waals surface area contributed by atoms with E-state index in [0.717, 1.165) is 0 Å². The molecule has 10 nitrogen and oxygen atoms in total. The zero-order chi connectivity index (χ0) is 23.6. The van der Waals surface area contributed by atoms with Gasteiger partial charge >= 0.3 is 11.6 Å². The lowest BCUT2D eigenvalue weighted by Crippen LogP contribution is -2.39. The Hall–Kier alpha value is -3.38. The minimum absolute atomic E-state index is 0.139. The van der Waals surface area contributed by atoms with E-state index in [-0.39, 0.29) is 36.0 Å². The summed E-state index contributed by atoms with van der Waals surface area (Å²) in [5.74, 6) is -0.645. The maximum atomic E-state index is 13.0. The highest BCUT2D eigenvalue weighted by Crippen LogP contribution is 2.18. The predicted octanol–water partition coefficient (Wildman–Crippen LogP) is 1.94. The van der Waals surface area contributed by atoms with Gasteiger partial charge in [-0.2, -0.15) is 4.98 Å². The first-order valence-electron chi connectivity index (χ1n) is 10.3. The van der Waals surface area contributed by atoms with Crippen molar-refractivity contribution in [3.63, 3.8) is 0 Å². The van der Waals surface area contributed by atoms with Crippen LogP contribution in [0.25, 0.3) is 11.1 Å². The zero-order valence-corrected chi connectivity index (χ0v) is 18.5. The Morgan fingerprint density at radius 3 is 2.58 bits per heavy atom. The van der Waals surface area contributed by atoms with Gasteiger partial charge in [0.15, 0.2) is 0 Å². The number of halogens is 1. The molecule has 0 atom stereocenters. The Labute approximate surface area is 187 Å². The fourth-order valence-corrected chi connectivity index (χ4v) is 5.09. The summed E-state index contributed by atoms with van der Waals surface area (Å²) in [5, 5.41) is 4.16. The molecule has 3 aromatic rings. The Morgan fingerprint density at radius 1 is 1.21 bits per heavy atom. The molecule has 0 radical (unpaired) electrons. The summed E-state index contributed by atoms with van der Waals surface area (Å²) in [5.41, 5.74) is 0.335. The average Bonchev–Trinajstić information content (AvgIpc) is 2.78. The van der Waals surface area contributed by atoms with Crippen molar-refractivity contribution in [1.29, 1.82) is 0 Å². The van der Waals surface area contributed by atoms with Crippen molar-refractivity contribution in [3.05, 3.63) is 68.0 Å². The molecule has 0 aliphatic carbocycles. The van der Waals surface area contributed by atoms with Gasteiger partial charge in [-0.25, -0.2) is 21.9 Å². The Bertz CT molecular complexity index is 1420. The molecule has 1 aliphatic rings. The van der Waals surface area contributed by atoms with Gasteiger partial charge in [0.25, 0.3) is 5.56 Å². The number of benzene rings is 1. The summed E-state index contributed by atoms with van der Waals surface area (Å²) in [4.78, 5) is 35.8. The summed E-state index contributed by atoms with van der Waals surface area (Å²) in [6, 6.07) is 6.35. The number of sulfonamides is 1. The van der Waals surface area contributed by atoms with Crippen LogP contribution in [0.3, 0.4) is 0 Å². The van der Waals surface area contributed by atoms with Gasteiger partial charge in [0.1, 0.15) is 11.2 Å². The second-order valence-corrected chi connectivity index (χ2v) is 9.49. The minimum Gasteiger partial charge on any atom is -0.403 e. The summed E-state index contributed by atoms with van der Waals surface area (Å²) in [6.45, 7) is 2.22. The number of hydrogen-bond donors (Lipinski definition) is 1. The molecule has 0 bridgehead atoms. The number of rotatable bonds is 6. The van der Waals surface area contributed by atoms with Gasteiger partial charge in [-0.05, 0) is 29.7 Å². The van der Waals surface area contributed by atoms with Crippen molar-refractivity contribution < 1.29 is 22.1 Å². The minimum atomic E-state index is -3.57. The van der Waals surface area contributed by atoms with E-state index in [1.165, 1.54) is 34.6 Å². The van der Waals surface area contributed by atoms with E-state index in [4.69, 9.17) is 9.25 Å². The smallest absolute Gasteiger partial charge is 0.337 e. The Balaban J connectivity index is 1.43. The molecule has 0 amide bonds. The highest BCUT2D eigenvalue weighted by molar-refractivity contribution is 7.88. The molecule has 0 saturated carbocycles. The third-order valence-corrected chi connectivity index (χ3v) is 7.12. The lowest BCUT2D eigenvalue weighted by molar-refractivity contribution is 0.303. The standard InChI is InChI=1S/C21H21FN4O6S/c1-2-14-11-17(27)31-20-18(14)19(28)23-21(24-20)32-25-16-7-9-26(10-8-16)33(29,30)12-13-3-5-15(22)6-4-13/h3-6,11H,2,7-10,12H2,1H3,(H,23,24,28). The third kappa shape index (κ3) is 5.17. The van der Waals surface area contributed by atoms with Crippen LogP contribution >= 0.6 is 0 Å². The molecular formula is C21H21FN4O6S. The van der Waals surface area contributed by atoms with Gasteiger partial charge in [-0.1, -0.05) is 24.2 Å². The molecule has 4 rings (SSSR count). The average molecular weight is 476 g/mol. The van der Waals surface area contributed by atoms with Crippen molar-refractivity contribution >= 4 is 26.8 Å². The molecule has 0 unspecified atom stereocenters. The number of piperidine rings is 1. The number of fused-ring (bicyclic) bond motifs is 1. The van der Waals surface area contributed by atoms with Crippen LogP contribution in [0.2, 0.25) is 0 Å². The molecule has 1 N–H and O–H groups in total. The van der Waals surface area contributed by atoms with Crippen LogP contribution < -0.4 is 16.0 Å². The van der Waals surface area contributed by atoms with Crippen molar-refractivity contribution in [2.45, 2.75) is 31.9 Å². The van der Waals surface area contributed by atoms with Crippen molar-refractivity contribution in [2.24, 2.45) is 5.16 Å². The largest absolute Gasteiger partial charge is 0.403 e. The zero-order valence-electron chi connectivity index (χ0n) is 17.7. The lowest BCUT2D eigenvalue weighted by atomic mass is 10.1. The Morgan fingerprint density at radius 2 is 1.91 bits per heavy atom. The third-order valence-electron chi connectivity index (χ3n) is 5.27. The number of hydrogen-bond acceptors (Lipinski definition) is 8. The number of oxime groups is 1. The molecule has 0 spiro atoms. The SMILES string of the molecule is CCc1cc(=O)oc2nc(ON=C3CCN(S(=O)(=O)Cc4ccc(F)cc4)CC3)[nH]c(=O)c12. The fourth-order valence-electron chi connectivity index (χ4n) is 3.56. The van der Waals surface area contributed by atoms with Gasteiger partial charge in [0, 0.05) is 32.0 Å². The van der Waals surface area contributed by atoms with E-state index in [2.05, 4.69) is 15.1 Å². The summed E-state index contributed by atoms with van der Waals surface area (Å²) < 4.78 is 44.7. The molecule has 1 aliphatic heterocycles. The van der Waals surface area contributed by atoms with E-state index in [0.29, 0.717) is 36.1 Å². The number of nitrogens with one attached hydrogen (secondary N) is 1. The monoisotopic (exact) mass is 476 g/mol. The van der Waals surface area contributed by atoms with Crippen LogP contribution in [0.15, 0.2) is 49.5 Å². The van der Waals surface area contributed by atoms with Gasteiger partial charge in [-0.3, -0.25) is 9.78 Å². The summed E-state index contributed by atoms with van der Waals surface area (Å²) in [6.07, 6.45) is 1.11. The summed E-state index contributed by atoms with van der Waals surface area (Å²) >= 11 is 0. The number of aromatic amines is 1. The predicted molar refractivity (Wildman–Crippen MR) is 118 cm³/mol. The van der Waals surface area contributed by atoms with Crippen LogP contribution in [-0.4, -0.2) is 41.5 Å². The van der Waals surface area contributed by atoms with Crippen molar-refractivity contribution in [3.8, 4) is 6.01 Å². The number of H-pyrrole nitrogens is 1. The number of aryl methyl sites for hydroxylation is 1. The molecule has 12 heteroatoms. The maximum absolute atomic E-state index is 13.0. The Kier molecular flexibility index (Phi) is 6.38. The van der Waals surface area contributed by atoms with Crippen molar-refractivity contribution in [2.75, 3.05) is 13.1 Å². The van der Waals surface area contributed by atoms with E-state index in [9.17, 15) is 22.4 Å².